The summed E-state index contributed by atoms with van der Waals surface area (Å²) in [5.74, 6) is -0.549. The van der Waals surface area contributed by atoms with Gasteiger partial charge in [-0.1, -0.05) is 52.1 Å². The van der Waals surface area contributed by atoms with Crippen LogP contribution in [0.3, 0.4) is 0 Å². The van der Waals surface area contributed by atoms with Gasteiger partial charge >= 0.3 is 5.97 Å². The standard InChI is InChI=1S/C16H13Cl3N2O2/c1-9-2-4-11(13(18)6-9)16(22)23-21-15(20)8-10-3-5-12(17)14(19)7-10/h2-7H,8H2,1H3,(H2,20,21). The molecule has 0 spiro atoms. The van der Waals surface area contributed by atoms with E-state index in [9.17, 15) is 4.79 Å². The van der Waals surface area contributed by atoms with E-state index in [4.69, 9.17) is 45.4 Å². The minimum absolute atomic E-state index is 0.125. The first-order valence-corrected chi connectivity index (χ1v) is 7.74. The smallest absolute Gasteiger partial charge is 0.367 e. The zero-order chi connectivity index (χ0) is 17.0. The Labute approximate surface area is 148 Å². The molecular formula is C16H13Cl3N2O2. The average molecular weight is 372 g/mol. The molecule has 2 aromatic carbocycles. The summed E-state index contributed by atoms with van der Waals surface area (Å²) in [5, 5.41) is 4.79. The molecule has 0 aliphatic rings. The molecule has 0 saturated heterocycles. The van der Waals surface area contributed by atoms with Crippen molar-refractivity contribution in [1.29, 1.82) is 0 Å². The Morgan fingerprint density at radius 2 is 1.83 bits per heavy atom. The molecule has 0 radical (unpaired) electrons. The number of benzene rings is 2. The number of rotatable bonds is 4. The molecule has 0 heterocycles. The van der Waals surface area contributed by atoms with Gasteiger partial charge in [-0.2, -0.15) is 0 Å². The number of aryl methyl sites for hydroxylation is 1. The SMILES string of the molecule is Cc1ccc(C(=O)O/N=C(\N)Cc2ccc(Cl)c(Cl)c2)c(Cl)c1. The highest BCUT2D eigenvalue weighted by atomic mass is 35.5. The van der Waals surface area contributed by atoms with Crippen molar-refractivity contribution in [1.82, 2.24) is 0 Å². The Morgan fingerprint density at radius 3 is 2.48 bits per heavy atom. The van der Waals surface area contributed by atoms with E-state index < -0.39 is 5.97 Å². The van der Waals surface area contributed by atoms with Gasteiger partial charge in [-0.15, -0.1) is 0 Å². The van der Waals surface area contributed by atoms with Crippen LogP contribution in [0.5, 0.6) is 0 Å². The summed E-state index contributed by atoms with van der Waals surface area (Å²) in [7, 11) is 0. The second-order valence-corrected chi connectivity index (χ2v) is 6.09. The third kappa shape index (κ3) is 4.86. The van der Waals surface area contributed by atoms with Crippen molar-refractivity contribution >= 4 is 46.6 Å². The molecule has 120 valence electrons. The number of amidine groups is 1. The summed E-state index contributed by atoms with van der Waals surface area (Å²) in [6.45, 7) is 1.87. The highest BCUT2D eigenvalue weighted by Gasteiger charge is 2.12. The van der Waals surface area contributed by atoms with Crippen LogP contribution >= 0.6 is 34.8 Å². The molecule has 0 atom stereocenters. The van der Waals surface area contributed by atoms with Gasteiger partial charge in [0.25, 0.3) is 0 Å². The van der Waals surface area contributed by atoms with Crippen molar-refractivity contribution in [3.05, 3.63) is 68.2 Å². The predicted octanol–water partition coefficient (Wildman–Crippen LogP) is 4.63. The average Bonchev–Trinajstić information content (AvgIpc) is 2.48. The third-order valence-electron chi connectivity index (χ3n) is 2.96. The van der Waals surface area contributed by atoms with Gasteiger partial charge in [0.1, 0.15) is 5.84 Å². The number of carbonyl (C=O) groups excluding carboxylic acids is 1. The maximum Gasteiger partial charge on any atom is 0.367 e. The van der Waals surface area contributed by atoms with E-state index >= 15 is 0 Å². The van der Waals surface area contributed by atoms with E-state index in [0.29, 0.717) is 15.1 Å². The van der Waals surface area contributed by atoms with Gasteiger partial charge in [0, 0.05) is 6.42 Å². The maximum absolute atomic E-state index is 11.9. The van der Waals surface area contributed by atoms with Crippen LogP contribution in [0.25, 0.3) is 0 Å². The summed E-state index contributed by atoms with van der Waals surface area (Å²) in [6, 6.07) is 10.1. The number of oxime groups is 1. The molecule has 0 saturated carbocycles. The number of nitrogens with two attached hydrogens (primary N) is 1. The normalized spacial score (nSPS) is 11.4. The van der Waals surface area contributed by atoms with Crippen molar-refractivity contribution in [2.45, 2.75) is 13.3 Å². The van der Waals surface area contributed by atoms with E-state index in [1.165, 1.54) is 0 Å². The Balaban J connectivity index is 2.03. The molecule has 0 fully saturated rings. The van der Waals surface area contributed by atoms with E-state index in [-0.39, 0.29) is 17.8 Å². The maximum atomic E-state index is 11.9. The third-order valence-corrected chi connectivity index (χ3v) is 4.01. The van der Waals surface area contributed by atoms with Crippen LogP contribution in [0.1, 0.15) is 21.5 Å². The lowest BCUT2D eigenvalue weighted by Crippen LogP contribution is -2.16. The quantitative estimate of drug-likeness (QED) is 0.369. The van der Waals surface area contributed by atoms with Gasteiger partial charge < -0.3 is 10.6 Å². The van der Waals surface area contributed by atoms with E-state index in [1.807, 2.05) is 6.92 Å². The lowest BCUT2D eigenvalue weighted by atomic mass is 10.1. The second-order valence-electron chi connectivity index (χ2n) is 4.87. The van der Waals surface area contributed by atoms with Gasteiger partial charge in [-0.05, 0) is 42.3 Å². The minimum Gasteiger partial charge on any atom is -0.384 e. The van der Waals surface area contributed by atoms with Gasteiger partial charge in [-0.25, -0.2) is 4.79 Å². The summed E-state index contributed by atoms with van der Waals surface area (Å²) in [6.07, 6.45) is 0.270. The first-order valence-electron chi connectivity index (χ1n) is 6.60. The van der Waals surface area contributed by atoms with Crippen LogP contribution in [-0.4, -0.2) is 11.8 Å². The summed E-state index contributed by atoms with van der Waals surface area (Å²) in [5.41, 5.74) is 7.71. The number of halogens is 3. The fourth-order valence-corrected chi connectivity index (χ4v) is 2.46. The molecule has 0 unspecified atom stereocenters. The topological polar surface area (TPSA) is 64.7 Å². The minimum atomic E-state index is -0.674. The van der Waals surface area contributed by atoms with E-state index in [0.717, 1.165) is 11.1 Å². The summed E-state index contributed by atoms with van der Waals surface area (Å²) >= 11 is 17.8. The zero-order valence-electron chi connectivity index (χ0n) is 12.1. The van der Waals surface area contributed by atoms with Crippen LogP contribution in [0, 0.1) is 6.92 Å². The molecule has 0 amide bonds. The zero-order valence-corrected chi connectivity index (χ0v) is 14.4. The molecule has 0 aliphatic carbocycles. The van der Waals surface area contributed by atoms with Crippen LogP contribution in [-0.2, 0) is 11.3 Å². The molecule has 7 heteroatoms. The van der Waals surface area contributed by atoms with Gasteiger partial charge in [0.15, 0.2) is 0 Å². The fourth-order valence-electron chi connectivity index (χ4n) is 1.83. The first-order chi connectivity index (χ1) is 10.9. The summed E-state index contributed by atoms with van der Waals surface area (Å²) < 4.78 is 0. The van der Waals surface area contributed by atoms with Crippen LogP contribution in [0.4, 0.5) is 0 Å². The van der Waals surface area contributed by atoms with E-state index in [1.54, 1.807) is 36.4 Å². The van der Waals surface area contributed by atoms with Crippen LogP contribution in [0.2, 0.25) is 15.1 Å². The second kappa shape index (κ2) is 7.68. The number of hydrogen-bond acceptors (Lipinski definition) is 3. The van der Waals surface area contributed by atoms with Gasteiger partial charge in [0.2, 0.25) is 0 Å². The van der Waals surface area contributed by atoms with E-state index in [2.05, 4.69) is 5.16 Å². The molecule has 4 nitrogen and oxygen atoms in total. The van der Waals surface area contributed by atoms with Gasteiger partial charge in [-0.3, -0.25) is 0 Å². The number of nitrogens with zero attached hydrogens (tertiary/aromatic N) is 1. The van der Waals surface area contributed by atoms with Crippen LogP contribution < -0.4 is 5.73 Å². The summed E-state index contributed by atoms with van der Waals surface area (Å²) in [4.78, 5) is 16.7. The van der Waals surface area contributed by atoms with Crippen LogP contribution in [0.15, 0.2) is 41.6 Å². The molecular weight excluding hydrogens is 359 g/mol. The lowest BCUT2D eigenvalue weighted by molar-refractivity contribution is 0.0515. The van der Waals surface area contributed by atoms with Crippen molar-refractivity contribution in [2.24, 2.45) is 10.9 Å². The largest absolute Gasteiger partial charge is 0.384 e. The number of hydrogen-bond donors (Lipinski definition) is 1. The predicted molar refractivity (Wildman–Crippen MR) is 93.4 cm³/mol. The van der Waals surface area contributed by atoms with Crippen molar-refractivity contribution in [2.75, 3.05) is 0 Å². The first kappa shape index (κ1) is 17.6. The van der Waals surface area contributed by atoms with Crippen molar-refractivity contribution < 1.29 is 9.63 Å². The Hall–Kier alpha value is -1.75. The Bertz CT molecular complexity index is 776. The van der Waals surface area contributed by atoms with Crippen molar-refractivity contribution in [3.63, 3.8) is 0 Å². The highest BCUT2D eigenvalue weighted by molar-refractivity contribution is 6.42. The molecule has 2 aromatic rings. The lowest BCUT2D eigenvalue weighted by Gasteiger charge is -2.04. The van der Waals surface area contributed by atoms with Crippen molar-refractivity contribution in [3.8, 4) is 0 Å². The molecule has 0 aromatic heterocycles. The molecule has 2 rings (SSSR count). The Kier molecular flexibility index (Phi) is 5.88. The molecule has 0 aliphatic heterocycles. The monoisotopic (exact) mass is 370 g/mol. The van der Waals surface area contributed by atoms with Gasteiger partial charge in [0.05, 0.1) is 20.6 Å². The highest BCUT2D eigenvalue weighted by Crippen LogP contribution is 2.23. The Morgan fingerprint density at radius 1 is 1.09 bits per heavy atom. The molecule has 23 heavy (non-hydrogen) atoms. The molecule has 2 N–H and O–H groups in total. The molecule has 0 bridgehead atoms. The fraction of sp³-hybridized carbons (Fsp3) is 0.125. The number of carbonyl (C=O) groups is 1.